The molecular weight excluding hydrogens is 214 g/mol. The molecular formula is C14H21NO2. The van der Waals surface area contributed by atoms with Crippen LogP contribution >= 0.6 is 0 Å². The van der Waals surface area contributed by atoms with Crippen LogP contribution < -0.4 is 10.5 Å². The summed E-state index contributed by atoms with van der Waals surface area (Å²) in [5.74, 6) is 1.03. The van der Waals surface area contributed by atoms with Gasteiger partial charge in [0.25, 0.3) is 0 Å². The lowest BCUT2D eigenvalue weighted by atomic mass is 9.76. The highest BCUT2D eigenvalue weighted by atomic mass is 16.5. The van der Waals surface area contributed by atoms with Crippen LogP contribution in [0.5, 0.6) is 11.5 Å². The largest absolute Gasteiger partial charge is 0.508 e. The average Bonchev–Trinajstić information content (AvgIpc) is 2.77. The van der Waals surface area contributed by atoms with Gasteiger partial charge in [-0.25, -0.2) is 0 Å². The Labute approximate surface area is 103 Å². The third-order valence-electron chi connectivity index (χ3n) is 3.99. The zero-order chi connectivity index (χ0) is 12.5. The number of hydrogen-bond donors (Lipinski definition) is 2. The molecule has 0 radical (unpaired) electrons. The summed E-state index contributed by atoms with van der Waals surface area (Å²) in [5.41, 5.74) is 8.33. The molecule has 3 heteroatoms. The van der Waals surface area contributed by atoms with Crippen molar-refractivity contribution < 1.29 is 9.84 Å². The molecule has 0 amide bonds. The van der Waals surface area contributed by atoms with Crippen molar-refractivity contribution in [1.82, 2.24) is 0 Å². The fourth-order valence-electron chi connectivity index (χ4n) is 3.19. The Bertz CT molecular complexity index is 409. The third-order valence-corrected chi connectivity index (χ3v) is 3.99. The van der Waals surface area contributed by atoms with E-state index in [1.807, 2.05) is 6.92 Å². The molecule has 1 aromatic carbocycles. The molecule has 1 aliphatic carbocycles. The minimum Gasteiger partial charge on any atom is -0.508 e. The van der Waals surface area contributed by atoms with Gasteiger partial charge in [-0.15, -0.1) is 0 Å². The second-order valence-electron chi connectivity index (χ2n) is 5.03. The van der Waals surface area contributed by atoms with E-state index in [-0.39, 0.29) is 11.2 Å². The third kappa shape index (κ3) is 2.00. The highest BCUT2D eigenvalue weighted by Crippen LogP contribution is 2.46. The van der Waals surface area contributed by atoms with Gasteiger partial charge >= 0.3 is 0 Å². The Morgan fingerprint density at radius 1 is 1.35 bits per heavy atom. The maximum Gasteiger partial charge on any atom is 0.126 e. The van der Waals surface area contributed by atoms with E-state index in [1.165, 1.54) is 18.4 Å². The molecule has 1 saturated carbocycles. The van der Waals surface area contributed by atoms with Crippen LogP contribution in [0.4, 0.5) is 0 Å². The van der Waals surface area contributed by atoms with Crippen molar-refractivity contribution >= 4 is 0 Å². The van der Waals surface area contributed by atoms with Gasteiger partial charge in [-0.1, -0.05) is 12.8 Å². The first-order valence-corrected chi connectivity index (χ1v) is 6.21. The minimum atomic E-state index is 0.0448. The van der Waals surface area contributed by atoms with Crippen molar-refractivity contribution in [2.24, 2.45) is 5.73 Å². The molecule has 0 saturated heterocycles. The first-order chi connectivity index (χ1) is 8.13. The number of benzene rings is 1. The molecule has 17 heavy (non-hydrogen) atoms. The van der Waals surface area contributed by atoms with Crippen LogP contribution in [0, 0.1) is 6.92 Å². The molecule has 94 valence electrons. The number of rotatable bonds is 3. The number of aromatic hydroxyl groups is 1. The molecule has 1 aromatic rings. The molecule has 2 rings (SSSR count). The van der Waals surface area contributed by atoms with E-state index in [2.05, 4.69) is 0 Å². The van der Waals surface area contributed by atoms with Crippen molar-refractivity contribution in [3.8, 4) is 11.5 Å². The Hall–Kier alpha value is -1.22. The molecule has 0 aliphatic heterocycles. The summed E-state index contributed by atoms with van der Waals surface area (Å²) in [6.45, 7) is 2.67. The number of hydrogen-bond acceptors (Lipinski definition) is 3. The van der Waals surface area contributed by atoms with E-state index in [4.69, 9.17) is 10.5 Å². The van der Waals surface area contributed by atoms with Gasteiger partial charge in [-0.3, -0.25) is 0 Å². The highest BCUT2D eigenvalue weighted by molar-refractivity contribution is 5.50. The van der Waals surface area contributed by atoms with Gasteiger partial charge in [0.15, 0.2) is 0 Å². The minimum absolute atomic E-state index is 0.0448. The van der Waals surface area contributed by atoms with E-state index in [1.54, 1.807) is 19.2 Å². The fourth-order valence-corrected chi connectivity index (χ4v) is 3.19. The van der Waals surface area contributed by atoms with Crippen molar-refractivity contribution in [3.05, 3.63) is 23.3 Å². The predicted octanol–water partition coefficient (Wildman–Crippen LogP) is 2.48. The number of ether oxygens (including phenoxy) is 1. The number of aryl methyl sites for hydroxylation is 1. The quantitative estimate of drug-likeness (QED) is 0.846. The molecule has 3 N–H and O–H groups in total. The fraction of sp³-hybridized carbons (Fsp3) is 0.571. The van der Waals surface area contributed by atoms with E-state index in [9.17, 15) is 5.11 Å². The normalized spacial score (nSPS) is 18.3. The van der Waals surface area contributed by atoms with Crippen LogP contribution in [0.1, 0.15) is 36.8 Å². The van der Waals surface area contributed by atoms with Crippen molar-refractivity contribution in [2.75, 3.05) is 13.7 Å². The lowest BCUT2D eigenvalue weighted by molar-refractivity contribution is 0.371. The second kappa shape index (κ2) is 4.57. The lowest BCUT2D eigenvalue weighted by Crippen LogP contribution is -2.33. The standard InChI is InChI=1S/C14H21NO2/c1-10-7-11(16)8-12(17-2)13(10)14(9-15)5-3-4-6-14/h7-8,16H,3-6,9,15H2,1-2H3. The zero-order valence-electron chi connectivity index (χ0n) is 10.6. The Balaban J connectivity index is 2.56. The first-order valence-electron chi connectivity index (χ1n) is 6.21. The summed E-state index contributed by atoms with van der Waals surface area (Å²) in [5, 5.41) is 9.64. The monoisotopic (exact) mass is 235 g/mol. The summed E-state index contributed by atoms with van der Waals surface area (Å²) in [6, 6.07) is 3.49. The topological polar surface area (TPSA) is 55.5 Å². The molecule has 0 bridgehead atoms. The SMILES string of the molecule is COc1cc(O)cc(C)c1C1(CN)CCCC1. The van der Waals surface area contributed by atoms with Gasteiger partial charge in [0, 0.05) is 23.6 Å². The Morgan fingerprint density at radius 2 is 2.00 bits per heavy atom. The smallest absolute Gasteiger partial charge is 0.126 e. The Kier molecular flexibility index (Phi) is 3.29. The van der Waals surface area contributed by atoms with Crippen molar-refractivity contribution in [1.29, 1.82) is 0 Å². The first kappa shape index (κ1) is 12.2. The Morgan fingerprint density at radius 3 is 2.53 bits per heavy atom. The summed E-state index contributed by atoms with van der Waals surface area (Å²) >= 11 is 0. The molecule has 0 unspecified atom stereocenters. The summed E-state index contributed by atoms with van der Waals surface area (Å²) in [7, 11) is 1.65. The number of phenolic OH excluding ortho intramolecular Hbond substituents is 1. The van der Waals surface area contributed by atoms with E-state index < -0.39 is 0 Å². The molecule has 1 fully saturated rings. The van der Waals surface area contributed by atoms with Crippen molar-refractivity contribution in [3.63, 3.8) is 0 Å². The molecule has 1 aliphatic rings. The molecule has 3 nitrogen and oxygen atoms in total. The lowest BCUT2D eigenvalue weighted by Gasteiger charge is -2.31. The van der Waals surface area contributed by atoms with Crippen LogP contribution in [0.25, 0.3) is 0 Å². The number of nitrogens with two attached hydrogens (primary N) is 1. The maximum absolute atomic E-state index is 9.64. The van der Waals surface area contributed by atoms with Gasteiger partial charge in [-0.05, 0) is 31.4 Å². The van der Waals surface area contributed by atoms with Gasteiger partial charge in [0.05, 0.1) is 7.11 Å². The van der Waals surface area contributed by atoms with Gasteiger partial charge in [-0.2, -0.15) is 0 Å². The highest BCUT2D eigenvalue weighted by Gasteiger charge is 2.37. The molecule has 0 heterocycles. The molecule has 0 atom stereocenters. The predicted molar refractivity (Wildman–Crippen MR) is 68.6 cm³/mol. The van der Waals surface area contributed by atoms with Gasteiger partial charge in [0.1, 0.15) is 11.5 Å². The number of phenols is 1. The van der Waals surface area contributed by atoms with Crippen molar-refractivity contribution in [2.45, 2.75) is 38.0 Å². The van der Waals surface area contributed by atoms with Gasteiger partial charge < -0.3 is 15.6 Å². The van der Waals surface area contributed by atoms with Crippen LogP contribution in [0.3, 0.4) is 0 Å². The van der Waals surface area contributed by atoms with E-state index in [0.29, 0.717) is 6.54 Å². The van der Waals surface area contributed by atoms with E-state index >= 15 is 0 Å². The zero-order valence-corrected chi connectivity index (χ0v) is 10.6. The summed E-state index contributed by atoms with van der Waals surface area (Å²) in [6.07, 6.45) is 4.68. The van der Waals surface area contributed by atoms with Crippen LogP contribution in [-0.4, -0.2) is 18.8 Å². The van der Waals surface area contributed by atoms with Crippen LogP contribution in [-0.2, 0) is 5.41 Å². The van der Waals surface area contributed by atoms with Crippen LogP contribution in [0.2, 0.25) is 0 Å². The molecule has 0 aromatic heterocycles. The second-order valence-corrected chi connectivity index (χ2v) is 5.03. The molecule has 0 spiro atoms. The summed E-state index contributed by atoms with van der Waals surface area (Å²) < 4.78 is 5.43. The van der Waals surface area contributed by atoms with E-state index in [0.717, 1.165) is 24.2 Å². The van der Waals surface area contributed by atoms with Gasteiger partial charge in [0.2, 0.25) is 0 Å². The maximum atomic E-state index is 9.64. The average molecular weight is 235 g/mol. The van der Waals surface area contributed by atoms with Crippen LogP contribution in [0.15, 0.2) is 12.1 Å². The number of methoxy groups -OCH3 is 1. The summed E-state index contributed by atoms with van der Waals surface area (Å²) in [4.78, 5) is 0.